The van der Waals surface area contributed by atoms with E-state index in [2.05, 4.69) is 69.5 Å². The molecule has 7 heteroatoms. The van der Waals surface area contributed by atoms with Gasteiger partial charge in [0.25, 0.3) is 5.91 Å². The van der Waals surface area contributed by atoms with E-state index in [1.807, 2.05) is 18.2 Å². The van der Waals surface area contributed by atoms with Gasteiger partial charge in [-0.1, -0.05) is 28.9 Å². The van der Waals surface area contributed by atoms with Crippen LogP contribution in [-0.2, 0) is 0 Å². The van der Waals surface area contributed by atoms with E-state index in [1.54, 1.807) is 6.07 Å². The summed E-state index contributed by atoms with van der Waals surface area (Å²) in [5.74, 6) is 1.31. The first-order valence-corrected chi connectivity index (χ1v) is 10.5. The summed E-state index contributed by atoms with van der Waals surface area (Å²) in [5, 5.41) is 9.78. The molecule has 2 atom stereocenters. The second kappa shape index (κ2) is 10.7. The number of likely N-dealkylation sites (tertiary alicyclic amines) is 1. The molecule has 1 saturated heterocycles. The van der Waals surface area contributed by atoms with Crippen molar-refractivity contribution in [3.05, 3.63) is 34.3 Å². The largest absolute Gasteiger partial charge is 0.357 e. The molecule has 1 amide bonds. The van der Waals surface area contributed by atoms with E-state index in [0.717, 1.165) is 30.1 Å². The summed E-state index contributed by atoms with van der Waals surface area (Å²) in [6.07, 6.45) is 0. The normalized spacial score (nSPS) is 20.7. The van der Waals surface area contributed by atoms with Crippen LogP contribution in [-0.4, -0.2) is 61.6 Å². The number of hydrogen-bond donors (Lipinski definition) is 3. The second-order valence-corrected chi connectivity index (χ2v) is 8.22. The van der Waals surface area contributed by atoms with Crippen LogP contribution in [0.15, 0.2) is 33.7 Å². The number of halogens is 1. The average molecular weight is 438 g/mol. The molecule has 150 valence electrons. The number of amides is 1. The third kappa shape index (κ3) is 6.81. The molecule has 1 fully saturated rings. The first-order chi connectivity index (χ1) is 12.9. The molecular weight excluding hydrogens is 406 g/mol. The summed E-state index contributed by atoms with van der Waals surface area (Å²) in [6, 6.07) is 8.32. The molecule has 0 aromatic heterocycles. The van der Waals surface area contributed by atoms with Gasteiger partial charge in [0.2, 0.25) is 0 Å². The Morgan fingerprint density at radius 3 is 2.74 bits per heavy atom. The lowest BCUT2D eigenvalue weighted by molar-refractivity contribution is 0.0954. The van der Waals surface area contributed by atoms with Crippen molar-refractivity contribution in [2.24, 2.45) is 10.9 Å². The summed E-state index contributed by atoms with van der Waals surface area (Å²) in [5.41, 5.74) is 0.645. The van der Waals surface area contributed by atoms with Crippen molar-refractivity contribution in [2.75, 3.05) is 32.7 Å². The molecule has 2 unspecified atom stereocenters. The quantitative estimate of drug-likeness (QED) is 0.348. The zero-order valence-electron chi connectivity index (χ0n) is 16.8. The van der Waals surface area contributed by atoms with Gasteiger partial charge in [0.15, 0.2) is 5.96 Å². The molecule has 0 aliphatic carbocycles. The van der Waals surface area contributed by atoms with Crippen molar-refractivity contribution < 1.29 is 4.79 Å². The Hall–Kier alpha value is -1.60. The van der Waals surface area contributed by atoms with Crippen molar-refractivity contribution >= 4 is 27.8 Å². The Morgan fingerprint density at radius 1 is 1.33 bits per heavy atom. The summed E-state index contributed by atoms with van der Waals surface area (Å²) in [4.78, 5) is 19.3. The van der Waals surface area contributed by atoms with Crippen LogP contribution in [0.25, 0.3) is 0 Å². The topological polar surface area (TPSA) is 68.8 Å². The fraction of sp³-hybridized carbons (Fsp3) is 0.600. The molecule has 0 spiro atoms. The van der Waals surface area contributed by atoms with Crippen LogP contribution in [0.1, 0.15) is 38.1 Å². The lowest BCUT2D eigenvalue weighted by atomic mass is 10.1. The molecule has 1 aromatic carbocycles. The summed E-state index contributed by atoms with van der Waals surface area (Å²) in [7, 11) is 0. The van der Waals surface area contributed by atoms with Crippen LogP contribution in [0.3, 0.4) is 0 Å². The number of nitrogens with one attached hydrogen (secondary N) is 3. The fourth-order valence-electron chi connectivity index (χ4n) is 3.18. The monoisotopic (exact) mass is 437 g/mol. The van der Waals surface area contributed by atoms with Gasteiger partial charge in [-0.15, -0.1) is 0 Å². The van der Waals surface area contributed by atoms with E-state index < -0.39 is 0 Å². The van der Waals surface area contributed by atoms with Gasteiger partial charge in [0.05, 0.1) is 6.54 Å². The fourth-order valence-corrected chi connectivity index (χ4v) is 3.58. The molecule has 6 nitrogen and oxygen atoms in total. The maximum atomic E-state index is 12.2. The molecule has 27 heavy (non-hydrogen) atoms. The van der Waals surface area contributed by atoms with E-state index in [4.69, 9.17) is 0 Å². The summed E-state index contributed by atoms with van der Waals surface area (Å²) < 4.78 is 0.896. The maximum absolute atomic E-state index is 12.2. The lowest BCUT2D eigenvalue weighted by Gasteiger charge is -2.22. The predicted molar refractivity (Wildman–Crippen MR) is 115 cm³/mol. The number of aliphatic imine (C=N–C) groups is 1. The van der Waals surface area contributed by atoms with Crippen LogP contribution in [0, 0.1) is 5.92 Å². The van der Waals surface area contributed by atoms with Crippen molar-refractivity contribution in [3.8, 4) is 0 Å². The molecule has 2 rings (SSSR count). The number of carbonyl (C=O) groups is 1. The molecule has 0 saturated carbocycles. The molecular formula is C20H32BrN5O. The van der Waals surface area contributed by atoms with Gasteiger partial charge in [-0.05, 0) is 44.9 Å². The standard InChI is InChI=1S/C20H32BrN5O/c1-5-22-20(25-18-13-26(14(2)3)12-15(18)4)24-10-9-23-19(27)16-7-6-8-17(21)11-16/h6-8,11,14-15,18H,5,9-10,12-13H2,1-4H3,(H,23,27)(H2,22,24,25). The third-order valence-electron chi connectivity index (χ3n) is 4.79. The van der Waals surface area contributed by atoms with Gasteiger partial charge < -0.3 is 16.0 Å². The summed E-state index contributed by atoms with van der Waals surface area (Å²) >= 11 is 3.39. The number of benzene rings is 1. The molecule has 3 N–H and O–H groups in total. The highest BCUT2D eigenvalue weighted by atomic mass is 79.9. The van der Waals surface area contributed by atoms with Crippen molar-refractivity contribution in [2.45, 2.75) is 39.8 Å². The molecule has 1 aliphatic heterocycles. The predicted octanol–water partition coefficient (Wildman–Crippen LogP) is 2.46. The molecule has 1 aliphatic rings. The van der Waals surface area contributed by atoms with E-state index >= 15 is 0 Å². The van der Waals surface area contributed by atoms with Crippen molar-refractivity contribution in [3.63, 3.8) is 0 Å². The Kier molecular flexibility index (Phi) is 8.57. The number of rotatable bonds is 7. The van der Waals surface area contributed by atoms with E-state index in [-0.39, 0.29) is 5.91 Å². The van der Waals surface area contributed by atoms with Gasteiger partial charge in [-0.2, -0.15) is 0 Å². The van der Waals surface area contributed by atoms with Gasteiger partial charge in [-0.25, -0.2) is 0 Å². The van der Waals surface area contributed by atoms with Crippen molar-refractivity contribution in [1.29, 1.82) is 0 Å². The minimum atomic E-state index is -0.0820. The zero-order valence-corrected chi connectivity index (χ0v) is 18.3. The highest BCUT2D eigenvalue weighted by molar-refractivity contribution is 9.10. The average Bonchev–Trinajstić information content (AvgIpc) is 2.99. The Bertz CT molecular complexity index is 649. The lowest BCUT2D eigenvalue weighted by Crippen LogP contribution is -2.47. The first-order valence-electron chi connectivity index (χ1n) is 9.73. The Morgan fingerprint density at radius 2 is 2.11 bits per heavy atom. The zero-order chi connectivity index (χ0) is 19.8. The number of hydrogen-bond acceptors (Lipinski definition) is 3. The number of carbonyl (C=O) groups excluding carboxylic acids is 1. The highest BCUT2D eigenvalue weighted by Gasteiger charge is 2.31. The van der Waals surface area contributed by atoms with Crippen LogP contribution >= 0.6 is 15.9 Å². The maximum Gasteiger partial charge on any atom is 0.251 e. The smallest absolute Gasteiger partial charge is 0.251 e. The SMILES string of the molecule is CCNC(=NCCNC(=O)c1cccc(Br)c1)NC1CN(C(C)C)CC1C. The Labute approximate surface area is 171 Å². The molecule has 0 radical (unpaired) electrons. The minimum Gasteiger partial charge on any atom is -0.357 e. The van der Waals surface area contributed by atoms with Crippen LogP contribution in [0.4, 0.5) is 0 Å². The number of guanidine groups is 1. The van der Waals surface area contributed by atoms with Crippen LogP contribution in [0.2, 0.25) is 0 Å². The van der Waals surface area contributed by atoms with Gasteiger partial charge in [0, 0.05) is 48.3 Å². The second-order valence-electron chi connectivity index (χ2n) is 7.30. The molecule has 0 bridgehead atoms. The molecule has 1 heterocycles. The van der Waals surface area contributed by atoms with Gasteiger partial charge >= 0.3 is 0 Å². The highest BCUT2D eigenvalue weighted by Crippen LogP contribution is 2.18. The van der Waals surface area contributed by atoms with Crippen LogP contribution in [0.5, 0.6) is 0 Å². The van der Waals surface area contributed by atoms with E-state index in [0.29, 0.717) is 36.7 Å². The van der Waals surface area contributed by atoms with E-state index in [1.165, 1.54) is 0 Å². The molecule has 1 aromatic rings. The minimum absolute atomic E-state index is 0.0820. The summed E-state index contributed by atoms with van der Waals surface area (Å²) in [6.45, 7) is 12.8. The van der Waals surface area contributed by atoms with Crippen LogP contribution < -0.4 is 16.0 Å². The van der Waals surface area contributed by atoms with E-state index in [9.17, 15) is 4.79 Å². The first kappa shape index (κ1) is 21.7. The Balaban J connectivity index is 1.83. The number of nitrogens with zero attached hydrogens (tertiary/aromatic N) is 2. The third-order valence-corrected chi connectivity index (χ3v) is 5.28. The van der Waals surface area contributed by atoms with Gasteiger partial charge in [0.1, 0.15) is 0 Å². The van der Waals surface area contributed by atoms with Crippen molar-refractivity contribution in [1.82, 2.24) is 20.9 Å². The van der Waals surface area contributed by atoms with Gasteiger partial charge in [-0.3, -0.25) is 14.7 Å².